The van der Waals surface area contributed by atoms with Crippen molar-refractivity contribution in [2.45, 2.75) is 39.2 Å². The van der Waals surface area contributed by atoms with Gasteiger partial charge in [-0.3, -0.25) is 4.79 Å². The third-order valence-electron chi connectivity index (χ3n) is 3.85. The van der Waals surface area contributed by atoms with E-state index in [2.05, 4.69) is 11.8 Å². The molecule has 0 spiro atoms. The molecule has 0 aliphatic heterocycles. The molecule has 0 fully saturated rings. The van der Waals surface area contributed by atoms with Crippen LogP contribution in [0.15, 0.2) is 47.6 Å². The molecule has 1 aliphatic carbocycles. The highest BCUT2D eigenvalue weighted by molar-refractivity contribution is 5.85. The molecule has 24 heavy (non-hydrogen) atoms. The summed E-state index contributed by atoms with van der Waals surface area (Å²) in [5, 5.41) is 10.7. The van der Waals surface area contributed by atoms with Crippen LogP contribution in [0, 0.1) is 11.8 Å². The van der Waals surface area contributed by atoms with Gasteiger partial charge in [-0.2, -0.15) is 0 Å². The van der Waals surface area contributed by atoms with E-state index in [1.165, 1.54) is 24.6 Å². The molecule has 1 aliphatic rings. The fourth-order valence-electron chi connectivity index (χ4n) is 2.65. The van der Waals surface area contributed by atoms with Gasteiger partial charge in [0.2, 0.25) is 0 Å². The summed E-state index contributed by atoms with van der Waals surface area (Å²) >= 11 is 0. The minimum atomic E-state index is -1.20. The number of hydrogen-bond donors (Lipinski definition) is 0. The maximum atomic E-state index is 11.2. The number of carboxylic acids is 1. The first-order valence-corrected chi connectivity index (χ1v) is 7.83. The van der Waals surface area contributed by atoms with Crippen molar-refractivity contribution in [1.82, 2.24) is 0 Å². The van der Waals surface area contributed by atoms with E-state index < -0.39 is 5.97 Å². The molecule has 4 nitrogen and oxygen atoms in total. The number of allylic oxidation sites excluding steroid dienone is 2. The lowest BCUT2D eigenvalue weighted by molar-refractivity contribution is -0.255. The van der Waals surface area contributed by atoms with Gasteiger partial charge < -0.3 is 14.6 Å². The number of carboxylic acid groups (broad SMARTS) is 1. The summed E-state index contributed by atoms with van der Waals surface area (Å²) < 4.78 is 5.37. The average Bonchev–Trinajstić information content (AvgIpc) is 2.53. The predicted molar refractivity (Wildman–Crippen MR) is 88.9 cm³/mol. The quantitative estimate of drug-likeness (QED) is 0.633. The van der Waals surface area contributed by atoms with E-state index in [0.29, 0.717) is 0 Å². The van der Waals surface area contributed by atoms with E-state index in [1.807, 2.05) is 13.0 Å². The summed E-state index contributed by atoms with van der Waals surface area (Å²) in [6.45, 7) is 3.46. The topological polar surface area (TPSA) is 66.4 Å². The second-order valence-electron chi connectivity index (χ2n) is 5.69. The number of carbonyl (C=O) groups is 2. The Labute approximate surface area is 141 Å². The number of hydrogen-bond acceptors (Lipinski definition) is 4. The number of rotatable bonds is 3. The van der Waals surface area contributed by atoms with Gasteiger partial charge in [0, 0.05) is 12.5 Å². The standard InChI is InChI=1S/C20H20O4/c1-14-6-5-9-19(24-15(2)21)18(14)8-4-3-7-16-10-12-17(13-11-16)20(22)23/h4,8,10-13,19H,5-6,9H2,1-2H3,(H,22,23)/p-1/b8-4+. The largest absolute Gasteiger partial charge is 0.545 e. The first-order chi connectivity index (χ1) is 11.5. The maximum Gasteiger partial charge on any atom is 0.303 e. The van der Waals surface area contributed by atoms with Crippen LogP contribution < -0.4 is 5.11 Å². The van der Waals surface area contributed by atoms with E-state index in [-0.39, 0.29) is 17.6 Å². The van der Waals surface area contributed by atoms with E-state index >= 15 is 0 Å². The number of esters is 1. The summed E-state index contributed by atoms with van der Waals surface area (Å²) in [7, 11) is 0. The van der Waals surface area contributed by atoms with Gasteiger partial charge in [-0.25, -0.2) is 0 Å². The van der Waals surface area contributed by atoms with Gasteiger partial charge in [-0.1, -0.05) is 29.5 Å². The number of aromatic carboxylic acids is 1. The van der Waals surface area contributed by atoms with E-state index in [1.54, 1.807) is 18.2 Å². The molecule has 0 N–H and O–H groups in total. The van der Waals surface area contributed by atoms with Crippen molar-refractivity contribution in [3.05, 3.63) is 58.7 Å². The monoisotopic (exact) mass is 323 g/mol. The lowest BCUT2D eigenvalue weighted by atomic mass is 9.90. The molecule has 0 radical (unpaired) electrons. The Kier molecular flexibility index (Phi) is 5.97. The Balaban J connectivity index is 2.09. The lowest BCUT2D eigenvalue weighted by Crippen LogP contribution is -2.22. The van der Waals surface area contributed by atoms with Crippen molar-refractivity contribution in [3.8, 4) is 11.8 Å². The highest BCUT2D eigenvalue weighted by atomic mass is 16.5. The van der Waals surface area contributed by atoms with Gasteiger partial charge in [0.25, 0.3) is 0 Å². The molecular formula is C20H19O4-. The van der Waals surface area contributed by atoms with Gasteiger partial charge in [0.15, 0.2) is 0 Å². The number of carbonyl (C=O) groups excluding carboxylic acids is 2. The van der Waals surface area contributed by atoms with Gasteiger partial charge in [-0.05, 0) is 61.6 Å². The molecule has 0 saturated carbocycles. The highest BCUT2D eigenvalue weighted by Crippen LogP contribution is 2.28. The van der Waals surface area contributed by atoms with Gasteiger partial charge in [0.1, 0.15) is 6.10 Å². The van der Waals surface area contributed by atoms with Crippen LogP contribution in [-0.2, 0) is 9.53 Å². The van der Waals surface area contributed by atoms with Gasteiger partial charge >= 0.3 is 5.97 Å². The molecule has 0 amide bonds. The first kappa shape index (κ1) is 17.6. The Morgan fingerprint density at radius 3 is 2.62 bits per heavy atom. The van der Waals surface area contributed by atoms with Crippen molar-refractivity contribution in [3.63, 3.8) is 0 Å². The minimum absolute atomic E-state index is 0.128. The molecule has 0 saturated heterocycles. The zero-order chi connectivity index (χ0) is 17.5. The zero-order valence-corrected chi connectivity index (χ0v) is 13.8. The Morgan fingerprint density at radius 1 is 1.29 bits per heavy atom. The van der Waals surface area contributed by atoms with Gasteiger partial charge in [0.05, 0.1) is 5.97 Å². The molecule has 2 rings (SSSR count). The summed E-state index contributed by atoms with van der Waals surface area (Å²) in [6, 6.07) is 6.21. The fourth-order valence-corrected chi connectivity index (χ4v) is 2.65. The van der Waals surface area contributed by atoms with Crippen molar-refractivity contribution in [1.29, 1.82) is 0 Å². The average molecular weight is 323 g/mol. The molecular weight excluding hydrogens is 304 g/mol. The number of benzene rings is 1. The molecule has 1 atom stereocenters. The van der Waals surface area contributed by atoms with Crippen LogP contribution in [0.4, 0.5) is 0 Å². The SMILES string of the molecule is CC(=O)OC1CCCC(C)=C1/C=C/C#Cc1ccc(C(=O)[O-])cc1. The zero-order valence-electron chi connectivity index (χ0n) is 13.8. The molecule has 1 aromatic rings. The molecule has 1 unspecified atom stereocenters. The predicted octanol–water partition coefficient (Wildman–Crippen LogP) is 2.39. The van der Waals surface area contributed by atoms with Crippen molar-refractivity contribution < 1.29 is 19.4 Å². The van der Waals surface area contributed by atoms with Crippen LogP contribution in [0.3, 0.4) is 0 Å². The van der Waals surface area contributed by atoms with Crippen LogP contribution in [-0.4, -0.2) is 18.0 Å². The van der Waals surface area contributed by atoms with Crippen molar-refractivity contribution >= 4 is 11.9 Å². The molecule has 4 heteroatoms. The second kappa shape index (κ2) is 8.16. The van der Waals surface area contributed by atoms with Crippen LogP contribution in [0.2, 0.25) is 0 Å². The minimum Gasteiger partial charge on any atom is -0.545 e. The third-order valence-corrected chi connectivity index (χ3v) is 3.85. The third kappa shape index (κ3) is 4.85. The van der Waals surface area contributed by atoms with E-state index in [9.17, 15) is 14.7 Å². The normalized spacial score (nSPS) is 17.3. The van der Waals surface area contributed by atoms with Crippen LogP contribution >= 0.6 is 0 Å². The summed E-state index contributed by atoms with van der Waals surface area (Å²) in [5.74, 6) is 4.38. The van der Waals surface area contributed by atoms with Crippen molar-refractivity contribution in [2.24, 2.45) is 0 Å². The summed E-state index contributed by atoms with van der Waals surface area (Å²) in [5.41, 5.74) is 3.07. The summed E-state index contributed by atoms with van der Waals surface area (Å²) in [6.07, 6.45) is 6.26. The molecule has 0 bridgehead atoms. The smallest absolute Gasteiger partial charge is 0.303 e. The Hall–Kier alpha value is -2.80. The van der Waals surface area contributed by atoms with Gasteiger partial charge in [-0.15, -0.1) is 0 Å². The maximum absolute atomic E-state index is 11.2. The molecule has 1 aromatic carbocycles. The molecule has 124 valence electrons. The lowest BCUT2D eigenvalue weighted by Gasteiger charge is -2.25. The Bertz CT molecular complexity index is 742. The molecule has 0 heterocycles. The Morgan fingerprint density at radius 2 is 2.00 bits per heavy atom. The van der Waals surface area contributed by atoms with E-state index in [4.69, 9.17) is 4.74 Å². The summed E-state index contributed by atoms with van der Waals surface area (Å²) in [4.78, 5) is 21.9. The van der Waals surface area contributed by atoms with Crippen LogP contribution in [0.25, 0.3) is 0 Å². The fraction of sp³-hybridized carbons (Fsp3) is 0.300. The first-order valence-electron chi connectivity index (χ1n) is 7.83. The van der Waals surface area contributed by atoms with E-state index in [0.717, 1.165) is 30.4 Å². The van der Waals surface area contributed by atoms with Crippen LogP contribution in [0.5, 0.6) is 0 Å². The second-order valence-corrected chi connectivity index (χ2v) is 5.69. The number of ether oxygens (including phenoxy) is 1. The highest BCUT2D eigenvalue weighted by Gasteiger charge is 2.21. The van der Waals surface area contributed by atoms with Crippen molar-refractivity contribution in [2.75, 3.05) is 0 Å². The van der Waals surface area contributed by atoms with Crippen LogP contribution in [0.1, 0.15) is 49.0 Å². The molecule has 0 aromatic heterocycles.